The fourth-order valence-corrected chi connectivity index (χ4v) is 3.19. The zero-order valence-corrected chi connectivity index (χ0v) is 13.5. The fraction of sp³-hybridized carbons (Fsp3) is 0.294. The van der Waals surface area contributed by atoms with Gasteiger partial charge in [0.05, 0.1) is 16.4 Å². The lowest BCUT2D eigenvalue weighted by atomic mass is 9.74. The van der Waals surface area contributed by atoms with E-state index in [9.17, 15) is 10.1 Å². The molecule has 0 saturated heterocycles. The Morgan fingerprint density at radius 1 is 1.29 bits per heavy atom. The number of methoxy groups -OCH3 is 2. The first kappa shape index (κ1) is 16.1. The minimum Gasteiger partial charge on any atom is -0.439 e. The molecular weight excluding hydrogens is 312 g/mol. The summed E-state index contributed by atoms with van der Waals surface area (Å²) in [6, 6.07) is 8.93. The summed E-state index contributed by atoms with van der Waals surface area (Å²) in [7, 11) is 2.84. The molecule has 0 saturated carbocycles. The van der Waals surface area contributed by atoms with Gasteiger partial charge in [0.15, 0.2) is 12.0 Å². The van der Waals surface area contributed by atoms with E-state index in [0.717, 1.165) is 0 Å². The first-order chi connectivity index (χ1) is 11.5. The standard InChI is InChI=1S/C17H16N2O5/c1-17(16(21-2)22-3)10(8-18)14(19)24-13-9-6-4-5-7-11(9)23-15(20)12(13)17/h4-7,16H,19H2,1-3H3/t17-/m0/s1. The van der Waals surface area contributed by atoms with E-state index >= 15 is 0 Å². The number of hydrogen-bond acceptors (Lipinski definition) is 7. The summed E-state index contributed by atoms with van der Waals surface area (Å²) in [5.74, 6) is 0.155. The number of nitrogens with two attached hydrogens (primary N) is 1. The van der Waals surface area contributed by atoms with Gasteiger partial charge in [0.25, 0.3) is 0 Å². The van der Waals surface area contributed by atoms with E-state index in [4.69, 9.17) is 24.4 Å². The second kappa shape index (κ2) is 5.67. The highest BCUT2D eigenvalue weighted by atomic mass is 16.7. The van der Waals surface area contributed by atoms with Crippen molar-refractivity contribution in [3.63, 3.8) is 0 Å². The Labute approximate surface area is 137 Å². The molecule has 7 nitrogen and oxygen atoms in total. The minimum absolute atomic E-state index is 0.0475. The first-order valence-corrected chi connectivity index (χ1v) is 7.19. The minimum atomic E-state index is -1.28. The van der Waals surface area contributed by atoms with Crippen LogP contribution in [-0.2, 0) is 14.9 Å². The molecule has 0 aliphatic carbocycles. The summed E-state index contributed by atoms with van der Waals surface area (Å²) in [4.78, 5) is 12.7. The third-order valence-corrected chi connectivity index (χ3v) is 4.27. The van der Waals surface area contributed by atoms with Crippen LogP contribution in [0.5, 0.6) is 5.75 Å². The molecule has 0 fully saturated rings. The van der Waals surface area contributed by atoms with Gasteiger partial charge >= 0.3 is 5.63 Å². The number of rotatable bonds is 3. The fourth-order valence-electron chi connectivity index (χ4n) is 3.19. The highest BCUT2D eigenvalue weighted by molar-refractivity contribution is 5.86. The van der Waals surface area contributed by atoms with E-state index in [2.05, 4.69) is 0 Å². The molecule has 7 heteroatoms. The van der Waals surface area contributed by atoms with Crippen LogP contribution in [0.4, 0.5) is 0 Å². The summed E-state index contributed by atoms with van der Waals surface area (Å²) in [6.45, 7) is 1.64. The number of hydrogen-bond donors (Lipinski definition) is 1. The van der Waals surface area contributed by atoms with Crippen molar-refractivity contribution in [1.82, 2.24) is 0 Å². The van der Waals surface area contributed by atoms with Crippen molar-refractivity contribution >= 4 is 11.0 Å². The Balaban J connectivity index is 2.46. The Morgan fingerprint density at radius 3 is 2.58 bits per heavy atom. The van der Waals surface area contributed by atoms with Crippen molar-refractivity contribution in [2.45, 2.75) is 18.6 Å². The lowest BCUT2D eigenvalue weighted by Gasteiger charge is -2.38. The van der Waals surface area contributed by atoms with Gasteiger partial charge in [-0.3, -0.25) is 0 Å². The van der Waals surface area contributed by atoms with Gasteiger partial charge in [0.2, 0.25) is 5.88 Å². The second-order valence-corrected chi connectivity index (χ2v) is 5.55. The number of nitrogens with zero attached hydrogens (tertiary/aromatic N) is 1. The van der Waals surface area contributed by atoms with Crippen molar-refractivity contribution in [3.05, 3.63) is 51.7 Å². The monoisotopic (exact) mass is 328 g/mol. The summed E-state index contributed by atoms with van der Waals surface area (Å²) in [5.41, 5.74) is 4.60. The zero-order valence-electron chi connectivity index (χ0n) is 13.5. The molecule has 124 valence electrons. The molecule has 1 aliphatic heterocycles. The molecule has 0 radical (unpaired) electrons. The molecule has 3 rings (SSSR count). The molecule has 0 unspecified atom stereocenters. The molecule has 1 aromatic carbocycles. The van der Waals surface area contributed by atoms with Crippen molar-refractivity contribution in [3.8, 4) is 11.8 Å². The highest BCUT2D eigenvalue weighted by Crippen LogP contribution is 2.46. The average Bonchev–Trinajstić information content (AvgIpc) is 2.55. The van der Waals surface area contributed by atoms with Gasteiger partial charge < -0.3 is 24.4 Å². The van der Waals surface area contributed by atoms with Gasteiger partial charge in [-0.1, -0.05) is 12.1 Å². The maximum Gasteiger partial charge on any atom is 0.344 e. The lowest BCUT2D eigenvalue weighted by Crippen LogP contribution is -2.47. The van der Waals surface area contributed by atoms with E-state index in [1.165, 1.54) is 14.2 Å². The van der Waals surface area contributed by atoms with Crippen LogP contribution in [0.1, 0.15) is 12.5 Å². The molecule has 0 bridgehead atoms. The van der Waals surface area contributed by atoms with Gasteiger partial charge in [0.1, 0.15) is 17.2 Å². The van der Waals surface area contributed by atoms with Crippen LogP contribution in [-0.4, -0.2) is 20.5 Å². The highest BCUT2D eigenvalue weighted by Gasteiger charge is 2.50. The van der Waals surface area contributed by atoms with E-state index in [1.807, 2.05) is 6.07 Å². The molecule has 0 amide bonds. The smallest absolute Gasteiger partial charge is 0.344 e. The zero-order chi connectivity index (χ0) is 17.5. The predicted octanol–water partition coefficient (Wildman–Crippen LogP) is 1.76. The topological polar surface area (TPSA) is 108 Å². The van der Waals surface area contributed by atoms with E-state index < -0.39 is 17.3 Å². The van der Waals surface area contributed by atoms with E-state index in [0.29, 0.717) is 11.0 Å². The summed E-state index contributed by atoms with van der Waals surface area (Å²) >= 11 is 0. The van der Waals surface area contributed by atoms with Gasteiger partial charge in [-0.05, 0) is 19.1 Å². The number of para-hydroxylation sites is 1. The van der Waals surface area contributed by atoms with Crippen LogP contribution in [0.2, 0.25) is 0 Å². The molecule has 0 spiro atoms. The quantitative estimate of drug-likeness (QED) is 0.675. The summed E-state index contributed by atoms with van der Waals surface area (Å²) in [6.07, 6.45) is -0.933. The Bertz CT molecular complexity index is 936. The number of fused-ring (bicyclic) bond motifs is 3. The first-order valence-electron chi connectivity index (χ1n) is 7.19. The molecule has 2 aromatic rings. The van der Waals surface area contributed by atoms with Crippen LogP contribution in [0.15, 0.2) is 44.9 Å². The van der Waals surface area contributed by atoms with Crippen molar-refractivity contribution in [1.29, 1.82) is 5.26 Å². The number of benzene rings is 1. The van der Waals surface area contributed by atoms with Crippen molar-refractivity contribution in [2.75, 3.05) is 14.2 Å². The van der Waals surface area contributed by atoms with E-state index in [1.54, 1.807) is 31.2 Å². The van der Waals surface area contributed by atoms with Gasteiger partial charge in [-0.15, -0.1) is 0 Å². The SMILES string of the molecule is COC(OC)[C@@]1(C)C(C#N)=C(N)Oc2c1c(=O)oc1ccccc21. The second-order valence-electron chi connectivity index (χ2n) is 5.55. The van der Waals surface area contributed by atoms with Crippen LogP contribution < -0.4 is 16.1 Å². The maximum atomic E-state index is 12.7. The molecule has 1 atom stereocenters. The number of nitriles is 1. The molecule has 2 N–H and O–H groups in total. The summed E-state index contributed by atoms with van der Waals surface area (Å²) < 4.78 is 21.7. The van der Waals surface area contributed by atoms with Gasteiger partial charge in [-0.2, -0.15) is 5.26 Å². The molecule has 1 aromatic heterocycles. The maximum absolute atomic E-state index is 12.7. The van der Waals surface area contributed by atoms with Gasteiger partial charge in [-0.25, -0.2) is 4.79 Å². The lowest BCUT2D eigenvalue weighted by molar-refractivity contribution is -0.138. The molecular formula is C17H16N2O5. The third kappa shape index (κ3) is 2.01. The van der Waals surface area contributed by atoms with Crippen molar-refractivity contribution < 1.29 is 18.6 Å². The third-order valence-electron chi connectivity index (χ3n) is 4.27. The van der Waals surface area contributed by atoms with Gasteiger partial charge in [0, 0.05) is 14.2 Å². The molecule has 24 heavy (non-hydrogen) atoms. The Kier molecular flexibility index (Phi) is 3.79. The number of ether oxygens (including phenoxy) is 3. The molecule has 1 aliphatic rings. The van der Waals surface area contributed by atoms with E-state index in [-0.39, 0.29) is 22.8 Å². The largest absolute Gasteiger partial charge is 0.439 e. The van der Waals surface area contributed by atoms with Crippen LogP contribution in [0.3, 0.4) is 0 Å². The summed E-state index contributed by atoms with van der Waals surface area (Å²) in [5, 5.41) is 10.1. The van der Waals surface area contributed by atoms with Crippen LogP contribution in [0.25, 0.3) is 11.0 Å². The van der Waals surface area contributed by atoms with Crippen molar-refractivity contribution in [2.24, 2.45) is 5.73 Å². The normalized spacial score (nSPS) is 20.0. The van der Waals surface area contributed by atoms with Crippen LogP contribution in [0, 0.1) is 11.3 Å². The molecule has 2 heterocycles. The Morgan fingerprint density at radius 2 is 1.96 bits per heavy atom. The Hall–Kier alpha value is -2.82. The van der Waals surface area contributed by atoms with Crippen LogP contribution >= 0.6 is 0 Å². The predicted molar refractivity (Wildman–Crippen MR) is 85.1 cm³/mol. The average molecular weight is 328 g/mol.